The molecule has 1 aromatic rings. The summed E-state index contributed by atoms with van der Waals surface area (Å²) in [7, 11) is 1.62. The molecule has 0 fully saturated rings. The number of rotatable bonds is 8. The van der Waals surface area contributed by atoms with Gasteiger partial charge in [0.2, 0.25) is 0 Å². The maximum Gasteiger partial charge on any atom is 0.143 e. The number of aliphatic hydroxyl groups is 1. The minimum absolute atomic E-state index is 0.0968. The molecule has 5 heteroatoms. The van der Waals surface area contributed by atoms with E-state index in [9.17, 15) is 0 Å². The van der Waals surface area contributed by atoms with Crippen LogP contribution in [0.5, 0.6) is 5.75 Å². The molecule has 0 aliphatic heterocycles. The number of para-hydroxylation sites is 1. The summed E-state index contributed by atoms with van der Waals surface area (Å²) in [6.45, 7) is 1.85. The second kappa shape index (κ2) is 8.31. The quantitative estimate of drug-likeness (QED) is 0.725. The summed E-state index contributed by atoms with van der Waals surface area (Å²) >= 11 is 5.97. The van der Waals surface area contributed by atoms with Crippen molar-refractivity contribution >= 4 is 11.6 Å². The summed E-state index contributed by atoms with van der Waals surface area (Å²) in [5, 5.41) is 9.62. The zero-order chi connectivity index (χ0) is 12.5. The molecule has 4 nitrogen and oxygen atoms in total. The molecule has 0 unspecified atom stereocenters. The minimum atomic E-state index is -0.0968. The van der Waals surface area contributed by atoms with Gasteiger partial charge >= 0.3 is 0 Å². The zero-order valence-electron chi connectivity index (χ0n) is 9.82. The molecule has 0 aliphatic carbocycles. The molecule has 0 heterocycles. The predicted molar refractivity (Wildman–Crippen MR) is 65.6 cm³/mol. The van der Waals surface area contributed by atoms with Crippen molar-refractivity contribution in [2.24, 2.45) is 0 Å². The van der Waals surface area contributed by atoms with Crippen LogP contribution in [0.1, 0.15) is 5.56 Å². The standard InChI is InChI=1S/C12H17ClO4/c1-15-5-6-16-7-8-17-12-10(9-14)3-2-4-11(12)13/h2-4,14H,5-9H2,1H3. The lowest BCUT2D eigenvalue weighted by Crippen LogP contribution is -2.11. The Hall–Kier alpha value is -0.810. The van der Waals surface area contributed by atoms with Crippen molar-refractivity contribution in [3.8, 4) is 5.75 Å². The normalized spacial score (nSPS) is 10.5. The molecular formula is C12H17ClO4. The number of hydrogen-bond donors (Lipinski definition) is 1. The molecule has 0 amide bonds. The van der Waals surface area contributed by atoms with Crippen LogP contribution in [0.3, 0.4) is 0 Å². The first-order chi connectivity index (χ1) is 8.29. The molecule has 1 rings (SSSR count). The fraction of sp³-hybridized carbons (Fsp3) is 0.500. The maximum absolute atomic E-state index is 9.13. The third-order valence-electron chi connectivity index (χ3n) is 2.12. The number of ether oxygens (including phenoxy) is 3. The topological polar surface area (TPSA) is 47.9 Å². The van der Waals surface area contributed by atoms with Crippen molar-refractivity contribution in [2.45, 2.75) is 6.61 Å². The van der Waals surface area contributed by atoms with Crippen LogP contribution in [0, 0.1) is 0 Å². The molecule has 0 radical (unpaired) electrons. The van der Waals surface area contributed by atoms with E-state index >= 15 is 0 Å². The summed E-state index contributed by atoms with van der Waals surface area (Å²) < 4.78 is 15.6. The van der Waals surface area contributed by atoms with Gasteiger partial charge in [-0.2, -0.15) is 0 Å². The van der Waals surface area contributed by atoms with Gasteiger partial charge in [-0.3, -0.25) is 0 Å². The highest BCUT2D eigenvalue weighted by molar-refractivity contribution is 6.32. The Bertz CT molecular complexity index is 330. The number of benzene rings is 1. The molecule has 17 heavy (non-hydrogen) atoms. The van der Waals surface area contributed by atoms with Gasteiger partial charge in [-0.05, 0) is 6.07 Å². The molecule has 0 saturated carbocycles. The summed E-state index contributed by atoms with van der Waals surface area (Å²) in [6, 6.07) is 5.27. The molecule has 0 aliphatic rings. The molecule has 0 spiro atoms. The summed E-state index contributed by atoms with van der Waals surface area (Å²) in [5.41, 5.74) is 0.675. The Morgan fingerprint density at radius 2 is 1.94 bits per heavy atom. The van der Waals surface area contributed by atoms with Crippen LogP contribution in [0.15, 0.2) is 18.2 Å². The Balaban J connectivity index is 2.35. The first-order valence-electron chi connectivity index (χ1n) is 5.37. The largest absolute Gasteiger partial charge is 0.489 e. The van der Waals surface area contributed by atoms with E-state index in [1.165, 1.54) is 0 Å². The number of halogens is 1. The van der Waals surface area contributed by atoms with E-state index in [1.807, 2.05) is 0 Å². The molecular weight excluding hydrogens is 244 g/mol. The molecule has 0 atom stereocenters. The van der Waals surface area contributed by atoms with Crippen molar-refractivity contribution in [3.05, 3.63) is 28.8 Å². The highest BCUT2D eigenvalue weighted by atomic mass is 35.5. The maximum atomic E-state index is 9.13. The monoisotopic (exact) mass is 260 g/mol. The van der Waals surface area contributed by atoms with E-state index < -0.39 is 0 Å². The van der Waals surface area contributed by atoms with Crippen LogP contribution in [-0.4, -0.2) is 38.6 Å². The first kappa shape index (κ1) is 14.3. The van der Waals surface area contributed by atoms with Crippen LogP contribution in [0.2, 0.25) is 5.02 Å². The smallest absolute Gasteiger partial charge is 0.143 e. The van der Waals surface area contributed by atoms with Gasteiger partial charge in [0.05, 0.1) is 31.5 Å². The van der Waals surface area contributed by atoms with Gasteiger partial charge in [-0.1, -0.05) is 23.7 Å². The molecule has 1 aromatic carbocycles. The highest BCUT2D eigenvalue weighted by Gasteiger charge is 2.07. The van der Waals surface area contributed by atoms with Gasteiger partial charge in [0.25, 0.3) is 0 Å². The average molecular weight is 261 g/mol. The lowest BCUT2D eigenvalue weighted by molar-refractivity contribution is 0.0541. The van der Waals surface area contributed by atoms with E-state index in [1.54, 1.807) is 25.3 Å². The van der Waals surface area contributed by atoms with Gasteiger partial charge in [0, 0.05) is 12.7 Å². The summed E-state index contributed by atoms with van der Waals surface area (Å²) in [6.07, 6.45) is 0. The van der Waals surface area contributed by atoms with Crippen LogP contribution >= 0.6 is 11.6 Å². The Morgan fingerprint density at radius 3 is 2.65 bits per heavy atom. The van der Waals surface area contributed by atoms with E-state index in [2.05, 4.69) is 0 Å². The fourth-order valence-corrected chi connectivity index (χ4v) is 1.54. The second-order valence-electron chi connectivity index (χ2n) is 3.34. The van der Waals surface area contributed by atoms with Gasteiger partial charge in [0.15, 0.2) is 0 Å². The van der Waals surface area contributed by atoms with Crippen LogP contribution in [0.4, 0.5) is 0 Å². The zero-order valence-corrected chi connectivity index (χ0v) is 10.6. The van der Waals surface area contributed by atoms with Gasteiger partial charge < -0.3 is 19.3 Å². The number of methoxy groups -OCH3 is 1. The van der Waals surface area contributed by atoms with E-state index in [-0.39, 0.29) is 6.61 Å². The molecule has 0 bridgehead atoms. The van der Waals surface area contributed by atoms with E-state index in [0.717, 1.165) is 0 Å². The fourth-order valence-electron chi connectivity index (χ4n) is 1.29. The molecule has 1 N–H and O–H groups in total. The van der Waals surface area contributed by atoms with E-state index in [0.29, 0.717) is 42.8 Å². The third kappa shape index (κ3) is 4.91. The lowest BCUT2D eigenvalue weighted by atomic mass is 10.2. The van der Waals surface area contributed by atoms with Crippen LogP contribution in [0.25, 0.3) is 0 Å². The van der Waals surface area contributed by atoms with Crippen molar-refractivity contribution in [1.82, 2.24) is 0 Å². The van der Waals surface area contributed by atoms with Crippen molar-refractivity contribution in [2.75, 3.05) is 33.5 Å². The third-order valence-corrected chi connectivity index (χ3v) is 2.42. The molecule has 0 saturated heterocycles. The Labute approximate surface area is 106 Å². The summed E-state index contributed by atoms with van der Waals surface area (Å²) in [4.78, 5) is 0. The van der Waals surface area contributed by atoms with E-state index in [4.69, 9.17) is 30.9 Å². The highest BCUT2D eigenvalue weighted by Crippen LogP contribution is 2.28. The molecule has 0 aromatic heterocycles. The molecule has 96 valence electrons. The van der Waals surface area contributed by atoms with Crippen LogP contribution < -0.4 is 4.74 Å². The number of hydrogen-bond acceptors (Lipinski definition) is 4. The Kier molecular flexibility index (Phi) is 6.96. The summed E-state index contributed by atoms with van der Waals surface area (Å²) in [5.74, 6) is 0.520. The van der Waals surface area contributed by atoms with Gasteiger partial charge in [-0.15, -0.1) is 0 Å². The second-order valence-corrected chi connectivity index (χ2v) is 3.75. The van der Waals surface area contributed by atoms with Crippen LogP contribution in [-0.2, 0) is 16.1 Å². The van der Waals surface area contributed by atoms with Crippen molar-refractivity contribution < 1.29 is 19.3 Å². The minimum Gasteiger partial charge on any atom is -0.489 e. The SMILES string of the molecule is COCCOCCOc1c(Cl)cccc1CO. The predicted octanol–water partition coefficient (Wildman–Crippen LogP) is 1.87. The van der Waals surface area contributed by atoms with Crippen molar-refractivity contribution in [1.29, 1.82) is 0 Å². The van der Waals surface area contributed by atoms with Gasteiger partial charge in [0.1, 0.15) is 12.4 Å². The average Bonchev–Trinajstić information content (AvgIpc) is 2.35. The number of aliphatic hydroxyl groups excluding tert-OH is 1. The van der Waals surface area contributed by atoms with Crippen molar-refractivity contribution in [3.63, 3.8) is 0 Å². The Morgan fingerprint density at radius 1 is 1.18 bits per heavy atom. The lowest BCUT2D eigenvalue weighted by Gasteiger charge is -2.11. The van der Waals surface area contributed by atoms with Gasteiger partial charge in [-0.25, -0.2) is 0 Å². The first-order valence-corrected chi connectivity index (χ1v) is 5.75.